The summed E-state index contributed by atoms with van der Waals surface area (Å²) in [5, 5.41) is 3.34. The summed E-state index contributed by atoms with van der Waals surface area (Å²) < 4.78 is 10.2. The Labute approximate surface area is 89.6 Å². The Hall–Kier alpha value is -1.29. The van der Waals surface area contributed by atoms with E-state index >= 15 is 0 Å². The Morgan fingerprint density at radius 1 is 1.53 bits per heavy atom. The van der Waals surface area contributed by atoms with Gasteiger partial charge in [-0.25, -0.2) is 4.98 Å². The molecule has 1 aliphatic rings. The summed E-state index contributed by atoms with van der Waals surface area (Å²) in [7, 11) is 1.61. The molecular formula is C11H16N2O2. The highest BCUT2D eigenvalue weighted by molar-refractivity contribution is 5.42. The monoisotopic (exact) mass is 208 g/mol. The number of methoxy groups -OCH3 is 1. The first-order chi connectivity index (χ1) is 7.22. The van der Waals surface area contributed by atoms with E-state index in [0.29, 0.717) is 5.88 Å². The molecule has 4 heteroatoms. The van der Waals surface area contributed by atoms with Gasteiger partial charge < -0.3 is 14.8 Å². The van der Waals surface area contributed by atoms with Crippen molar-refractivity contribution in [1.82, 2.24) is 4.98 Å². The standard InChI is InChI=1S/C11H16N2O2/c1-11(7-15-8-11)6-13-9-3-4-10(14-2)12-5-9/h3-5,13H,6-8H2,1-2H3. The number of nitrogens with one attached hydrogen (secondary N) is 1. The van der Waals surface area contributed by atoms with E-state index in [9.17, 15) is 0 Å². The number of hydrogen-bond donors (Lipinski definition) is 1. The molecule has 0 unspecified atom stereocenters. The van der Waals surface area contributed by atoms with Gasteiger partial charge in [0.2, 0.25) is 5.88 Å². The van der Waals surface area contributed by atoms with E-state index in [1.54, 1.807) is 13.3 Å². The number of hydrogen-bond acceptors (Lipinski definition) is 4. The molecule has 0 amide bonds. The molecule has 0 radical (unpaired) electrons. The van der Waals surface area contributed by atoms with E-state index in [1.165, 1.54) is 0 Å². The predicted octanol–water partition coefficient (Wildman–Crippen LogP) is 1.54. The quantitative estimate of drug-likeness (QED) is 0.815. The molecule has 82 valence electrons. The molecular weight excluding hydrogens is 192 g/mol. The number of anilines is 1. The first-order valence-electron chi connectivity index (χ1n) is 5.04. The zero-order valence-electron chi connectivity index (χ0n) is 9.12. The number of aromatic nitrogens is 1. The summed E-state index contributed by atoms with van der Waals surface area (Å²) in [4.78, 5) is 4.13. The van der Waals surface area contributed by atoms with E-state index in [0.717, 1.165) is 25.4 Å². The van der Waals surface area contributed by atoms with Crippen LogP contribution >= 0.6 is 0 Å². The topological polar surface area (TPSA) is 43.4 Å². The van der Waals surface area contributed by atoms with E-state index in [-0.39, 0.29) is 5.41 Å². The summed E-state index contributed by atoms with van der Waals surface area (Å²) >= 11 is 0. The predicted molar refractivity (Wildman–Crippen MR) is 58.2 cm³/mol. The molecule has 1 saturated heterocycles. The van der Waals surface area contributed by atoms with Gasteiger partial charge in [-0.2, -0.15) is 0 Å². The fourth-order valence-corrected chi connectivity index (χ4v) is 1.47. The summed E-state index contributed by atoms with van der Waals surface area (Å²) in [5.74, 6) is 0.638. The van der Waals surface area contributed by atoms with Crippen molar-refractivity contribution in [3.8, 4) is 5.88 Å². The second-order valence-corrected chi connectivity index (χ2v) is 4.25. The summed E-state index contributed by atoms with van der Waals surface area (Å²) in [5.41, 5.74) is 1.30. The minimum absolute atomic E-state index is 0.278. The number of rotatable bonds is 4. The van der Waals surface area contributed by atoms with Crippen LogP contribution in [0.15, 0.2) is 18.3 Å². The van der Waals surface area contributed by atoms with Crippen molar-refractivity contribution in [2.24, 2.45) is 5.41 Å². The van der Waals surface area contributed by atoms with Crippen LogP contribution in [0.25, 0.3) is 0 Å². The van der Waals surface area contributed by atoms with Crippen molar-refractivity contribution in [1.29, 1.82) is 0 Å². The zero-order chi connectivity index (χ0) is 10.7. The molecule has 0 aliphatic carbocycles. The normalized spacial score (nSPS) is 18.0. The van der Waals surface area contributed by atoms with Gasteiger partial charge in [0.05, 0.1) is 32.2 Å². The molecule has 1 aromatic heterocycles. The Morgan fingerprint density at radius 3 is 2.80 bits per heavy atom. The maximum atomic E-state index is 5.19. The lowest BCUT2D eigenvalue weighted by molar-refractivity contribution is -0.0924. The number of nitrogens with zero attached hydrogens (tertiary/aromatic N) is 1. The zero-order valence-corrected chi connectivity index (χ0v) is 9.12. The molecule has 2 heterocycles. The second kappa shape index (κ2) is 4.06. The minimum Gasteiger partial charge on any atom is -0.481 e. The first kappa shape index (κ1) is 10.2. The lowest BCUT2D eigenvalue weighted by Gasteiger charge is -2.38. The SMILES string of the molecule is COc1ccc(NCC2(C)COC2)cn1. The van der Waals surface area contributed by atoms with Gasteiger partial charge in [0.15, 0.2) is 0 Å². The van der Waals surface area contributed by atoms with Gasteiger partial charge in [0, 0.05) is 18.0 Å². The van der Waals surface area contributed by atoms with Gasteiger partial charge in [-0.05, 0) is 6.07 Å². The van der Waals surface area contributed by atoms with E-state index in [4.69, 9.17) is 9.47 Å². The second-order valence-electron chi connectivity index (χ2n) is 4.25. The largest absolute Gasteiger partial charge is 0.481 e. The highest BCUT2D eigenvalue weighted by Gasteiger charge is 2.32. The number of ether oxygens (including phenoxy) is 2. The Kier molecular flexibility index (Phi) is 2.77. The molecule has 15 heavy (non-hydrogen) atoms. The highest BCUT2D eigenvalue weighted by Crippen LogP contribution is 2.26. The fraction of sp³-hybridized carbons (Fsp3) is 0.545. The molecule has 0 atom stereocenters. The van der Waals surface area contributed by atoms with Crippen LogP contribution in [0.5, 0.6) is 5.88 Å². The molecule has 1 aromatic rings. The molecule has 2 rings (SSSR count). The van der Waals surface area contributed by atoms with Crippen molar-refractivity contribution in [3.63, 3.8) is 0 Å². The third-order valence-corrected chi connectivity index (χ3v) is 2.57. The summed E-state index contributed by atoms with van der Waals surface area (Å²) in [6.07, 6.45) is 1.78. The van der Waals surface area contributed by atoms with E-state index in [2.05, 4.69) is 17.2 Å². The molecule has 1 aliphatic heterocycles. The van der Waals surface area contributed by atoms with Crippen LogP contribution in [0.2, 0.25) is 0 Å². The molecule has 0 bridgehead atoms. The van der Waals surface area contributed by atoms with Crippen LogP contribution in [-0.2, 0) is 4.74 Å². The maximum Gasteiger partial charge on any atom is 0.213 e. The Morgan fingerprint density at radius 2 is 2.33 bits per heavy atom. The van der Waals surface area contributed by atoms with Crippen molar-refractivity contribution < 1.29 is 9.47 Å². The van der Waals surface area contributed by atoms with Crippen LogP contribution in [-0.4, -0.2) is 31.9 Å². The van der Waals surface area contributed by atoms with Gasteiger partial charge in [0.1, 0.15) is 0 Å². The number of pyridine rings is 1. The summed E-state index contributed by atoms with van der Waals surface area (Å²) in [6, 6.07) is 3.82. The first-order valence-corrected chi connectivity index (χ1v) is 5.04. The third-order valence-electron chi connectivity index (χ3n) is 2.57. The van der Waals surface area contributed by atoms with Crippen LogP contribution < -0.4 is 10.1 Å². The highest BCUT2D eigenvalue weighted by atomic mass is 16.5. The lowest BCUT2D eigenvalue weighted by atomic mass is 9.89. The molecule has 1 fully saturated rings. The minimum atomic E-state index is 0.278. The van der Waals surface area contributed by atoms with Crippen LogP contribution in [0.4, 0.5) is 5.69 Å². The fourth-order valence-electron chi connectivity index (χ4n) is 1.47. The van der Waals surface area contributed by atoms with Crippen LogP contribution in [0, 0.1) is 5.41 Å². The molecule has 0 aromatic carbocycles. The maximum absolute atomic E-state index is 5.19. The van der Waals surface area contributed by atoms with Gasteiger partial charge >= 0.3 is 0 Å². The van der Waals surface area contributed by atoms with Gasteiger partial charge in [0.25, 0.3) is 0 Å². The average molecular weight is 208 g/mol. The lowest BCUT2D eigenvalue weighted by Crippen LogP contribution is -2.45. The van der Waals surface area contributed by atoms with Crippen molar-refractivity contribution in [2.75, 3.05) is 32.2 Å². The van der Waals surface area contributed by atoms with Crippen molar-refractivity contribution in [3.05, 3.63) is 18.3 Å². The Balaban J connectivity index is 1.87. The van der Waals surface area contributed by atoms with Gasteiger partial charge in [-0.1, -0.05) is 6.92 Å². The molecule has 0 spiro atoms. The average Bonchev–Trinajstić information content (AvgIpc) is 2.24. The molecule has 4 nitrogen and oxygen atoms in total. The van der Waals surface area contributed by atoms with E-state index < -0.39 is 0 Å². The van der Waals surface area contributed by atoms with Crippen molar-refractivity contribution >= 4 is 5.69 Å². The Bertz CT molecular complexity index is 320. The van der Waals surface area contributed by atoms with Crippen LogP contribution in [0.1, 0.15) is 6.92 Å². The van der Waals surface area contributed by atoms with Gasteiger partial charge in [-0.3, -0.25) is 0 Å². The smallest absolute Gasteiger partial charge is 0.213 e. The van der Waals surface area contributed by atoms with Crippen molar-refractivity contribution in [2.45, 2.75) is 6.92 Å². The van der Waals surface area contributed by atoms with Gasteiger partial charge in [-0.15, -0.1) is 0 Å². The molecule has 1 N–H and O–H groups in total. The molecule has 0 saturated carbocycles. The summed E-state index contributed by atoms with van der Waals surface area (Å²) in [6.45, 7) is 4.80. The van der Waals surface area contributed by atoms with Crippen LogP contribution in [0.3, 0.4) is 0 Å². The van der Waals surface area contributed by atoms with E-state index in [1.807, 2.05) is 12.1 Å². The third kappa shape index (κ3) is 2.39.